The average Bonchev–Trinajstić information content (AvgIpc) is 2.57. The van der Waals surface area contributed by atoms with Crippen molar-refractivity contribution in [3.63, 3.8) is 0 Å². The lowest BCUT2D eigenvalue weighted by Crippen LogP contribution is -2.44. The maximum atomic E-state index is 3.70. The summed E-state index contributed by atoms with van der Waals surface area (Å²) in [7, 11) is 0. The lowest BCUT2D eigenvalue weighted by molar-refractivity contribution is 0.394. The van der Waals surface area contributed by atoms with Gasteiger partial charge in [0.05, 0.1) is 0 Å². The van der Waals surface area contributed by atoms with Crippen molar-refractivity contribution >= 4 is 5.69 Å². The third-order valence-electron chi connectivity index (χ3n) is 4.18. The monoisotopic (exact) mass is 246 g/mol. The summed E-state index contributed by atoms with van der Waals surface area (Å²) in [6.07, 6.45) is 1.19. The van der Waals surface area contributed by atoms with Gasteiger partial charge in [-0.15, -0.1) is 0 Å². The van der Waals surface area contributed by atoms with E-state index < -0.39 is 0 Å². The van der Waals surface area contributed by atoms with Crippen LogP contribution in [0.3, 0.4) is 0 Å². The molecule has 1 aliphatic heterocycles. The standard InChI is InChI=1S/C16H26N2/c1-5-13(4)18-11-15(12(2)3)17-10-14-8-6-7-9-16(14)18/h6-9,12-13,15,17H,5,10-11H2,1-4H3. The molecule has 18 heavy (non-hydrogen) atoms. The van der Waals surface area contributed by atoms with E-state index in [9.17, 15) is 0 Å². The van der Waals surface area contributed by atoms with E-state index in [0.29, 0.717) is 18.0 Å². The largest absolute Gasteiger partial charge is 0.367 e. The van der Waals surface area contributed by atoms with Crippen LogP contribution in [-0.4, -0.2) is 18.6 Å². The molecule has 0 amide bonds. The molecule has 1 aromatic rings. The van der Waals surface area contributed by atoms with Crippen molar-refractivity contribution in [2.24, 2.45) is 5.92 Å². The number of nitrogens with zero attached hydrogens (tertiary/aromatic N) is 1. The van der Waals surface area contributed by atoms with Gasteiger partial charge in [0, 0.05) is 30.9 Å². The van der Waals surface area contributed by atoms with Crippen LogP contribution in [0.2, 0.25) is 0 Å². The van der Waals surface area contributed by atoms with E-state index in [1.54, 1.807) is 0 Å². The van der Waals surface area contributed by atoms with E-state index in [4.69, 9.17) is 0 Å². The Morgan fingerprint density at radius 1 is 1.28 bits per heavy atom. The first-order valence-corrected chi connectivity index (χ1v) is 7.21. The second-order valence-electron chi connectivity index (χ2n) is 5.77. The van der Waals surface area contributed by atoms with Gasteiger partial charge in [-0.2, -0.15) is 0 Å². The minimum absolute atomic E-state index is 0.575. The number of anilines is 1. The highest BCUT2D eigenvalue weighted by molar-refractivity contribution is 5.55. The van der Waals surface area contributed by atoms with Crippen LogP contribution >= 0.6 is 0 Å². The van der Waals surface area contributed by atoms with Crippen LogP contribution in [0.4, 0.5) is 5.69 Å². The van der Waals surface area contributed by atoms with Gasteiger partial charge in [-0.3, -0.25) is 0 Å². The fourth-order valence-corrected chi connectivity index (χ4v) is 2.64. The van der Waals surface area contributed by atoms with Crippen LogP contribution < -0.4 is 10.2 Å². The molecule has 1 N–H and O–H groups in total. The van der Waals surface area contributed by atoms with Gasteiger partial charge >= 0.3 is 0 Å². The highest BCUT2D eigenvalue weighted by atomic mass is 15.2. The topological polar surface area (TPSA) is 15.3 Å². The highest BCUT2D eigenvalue weighted by Crippen LogP contribution is 2.27. The van der Waals surface area contributed by atoms with Crippen molar-refractivity contribution in [1.29, 1.82) is 0 Å². The Labute approximate surface area is 111 Å². The minimum atomic E-state index is 0.575. The third-order valence-corrected chi connectivity index (χ3v) is 4.18. The van der Waals surface area contributed by atoms with Crippen LogP contribution in [0, 0.1) is 5.92 Å². The molecular formula is C16H26N2. The molecule has 0 bridgehead atoms. The normalized spacial score (nSPS) is 21.6. The Morgan fingerprint density at radius 3 is 2.67 bits per heavy atom. The molecule has 2 nitrogen and oxygen atoms in total. The fraction of sp³-hybridized carbons (Fsp3) is 0.625. The lowest BCUT2D eigenvalue weighted by Gasteiger charge is -2.34. The minimum Gasteiger partial charge on any atom is -0.367 e. The summed E-state index contributed by atoms with van der Waals surface area (Å²) in [6.45, 7) is 11.3. The van der Waals surface area contributed by atoms with Crippen molar-refractivity contribution in [3.05, 3.63) is 29.8 Å². The van der Waals surface area contributed by atoms with E-state index >= 15 is 0 Å². The number of hydrogen-bond acceptors (Lipinski definition) is 2. The molecule has 2 rings (SSSR count). The Hall–Kier alpha value is -1.02. The van der Waals surface area contributed by atoms with Crippen molar-refractivity contribution < 1.29 is 0 Å². The third kappa shape index (κ3) is 2.69. The van der Waals surface area contributed by atoms with E-state index in [1.165, 1.54) is 17.7 Å². The van der Waals surface area contributed by atoms with E-state index in [2.05, 4.69) is 62.2 Å². The van der Waals surface area contributed by atoms with Gasteiger partial charge in [0.1, 0.15) is 0 Å². The second-order valence-corrected chi connectivity index (χ2v) is 5.77. The molecule has 100 valence electrons. The molecule has 2 atom stereocenters. The Morgan fingerprint density at radius 2 is 2.00 bits per heavy atom. The first kappa shape index (κ1) is 13.4. The summed E-state index contributed by atoms with van der Waals surface area (Å²) in [5, 5.41) is 3.70. The van der Waals surface area contributed by atoms with Crippen LogP contribution in [0.5, 0.6) is 0 Å². The summed E-state index contributed by atoms with van der Waals surface area (Å²) < 4.78 is 0. The molecule has 0 fully saturated rings. The van der Waals surface area contributed by atoms with Crippen LogP contribution in [0.15, 0.2) is 24.3 Å². The van der Waals surface area contributed by atoms with E-state index in [0.717, 1.165) is 13.1 Å². The molecule has 0 saturated heterocycles. The molecule has 1 aromatic carbocycles. The molecule has 1 aliphatic rings. The molecular weight excluding hydrogens is 220 g/mol. The van der Waals surface area contributed by atoms with Gasteiger partial charge in [-0.05, 0) is 30.9 Å². The predicted molar refractivity (Wildman–Crippen MR) is 79.0 cm³/mol. The molecule has 1 heterocycles. The number of fused-ring (bicyclic) bond motifs is 1. The zero-order chi connectivity index (χ0) is 13.1. The van der Waals surface area contributed by atoms with Crippen molar-refractivity contribution in [2.75, 3.05) is 11.4 Å². The smallest absolute Gasteiger partial charge is 0.0414 e. The zero-order valence-corrected chi connectivity index (χ0v) is 12.1. The average molecular weight is 246 g/mol. The van der Waals surface area contributed by atoms with Gasteiger partial charge in [0.15, 0.2) is 0 Å². The first-order valence-electron chi connectivity index (χ1n) is 7.21. The molecule has 0 radical (unpaired) electrons. The lowest BCUT2D eigenvalue weighted by atomic mass is 10.0. The number of benzene rings is 1. The first-order chi connectivity index (χ1) is 8.63. The number of nitrogens with one attached hydrogen (secondary N) is 1. The molecule has 0 aliphatic carbocycles. The molecule has 0 saturated carbocycles. The highest BCUT2D eigenvalue weighted by Gasteiger charge is 2.25. The Balaban J connectivity index is 2.32. The van der Waals surface area contributed by atoms with Gasteiger partial charge in [0.25, 0.3) is 0 Å². The molecule has 0 aromatic heterocycles. The van der Waals surface area contributed by atoms with Gasteiger partial charge in [-0.25, -0.2) is 0 Å². The summed E-state index contributed by atoms with van der Waals surface area (Å²) >= 11 is 0. The summed E-state index contributed by atoms with van der Waals surface area (Å²) in [4.78, 5) is 2.58. The quantitative estimate of drug-likeness (QED) is 0.879. The van der Waals surface area contributed by atoms with Crippen LogP contribution in [0.1, 0.15) is 39.7 Å². The zero-order valence-electron chi connectivity index (χ0n) is 12.1. The molecule has 2 unspecified atom stereocenters. The van der Waals surface area contributed by atoms with Crippen molar-refractivity contribution in [1.82, 2.24) is 5.32 Å². The van der Waals surface area contributed by atoms with E-state index in [1.807, 2.05) is 0 Å². The second kappa shape index (κ2) is 5.75. The Bertz CT molecular complexity index is 386. The number of para-hydroxylation sites is 1. The van der Waals surface area contributed by atoms with Crippen molar-refractivity contribution in [3.8, 4) is 0 Å². The molecule has 0 spiro atoms. The SMILES string of the molecule is CCC(C)N1CC(C(C)C)NCc2ccccc21. The number of hydrogen-bond donors (Lipinski definition) is 1. The van der Waals surface area contributed by atoms with Crippen molar-refractivity contribution in [2.45, 2.75) is 52.7 Å². The fourth-order valence-electron chi connectivity index (χ4n) is 2.64. The number of rotatable bonds is 3. The molecule has 2 heteroatoms. The summed E-state index contributed by atoms with van der Waals surface area (Å²) in [6, 6.07) is 10.0. The van der Waals surface area contributed by atoms with Gasteiger partial charge in [-0.1, -0.05) is 39.0 Å². The summed E-state index contributed by atoms with van der Waals surface area (Å²) in [5.41, 5.74) is 2.85. The van der Waals surface area contributed by atoms with Gasteiger partial charge < -0.3 is 10.2 Å². The summed E-state index contributed by atoms with van der Waals surface area (Å²) in [5.74, 6) is 0.672. The van der Waals surface area contributed by atoms with E-state index in [-0.39, 0.29) is 0 Å². The predicted octanol–water partition coefficient (Wildman–Crippen LogP) is 3.42. The van der Waals surface area contributed by atoms with Gasteiger partial charge in [0.2, 0.25) is 0 Å². The van der Waals surface area contributed by atoms with Crippen LogP contribution in [0.25, 0.3) is 0 Å². The maximum Gasteiger partial charge on any atom is 0.0414 e. The Kier molecular flexibility index (Phi) is 4.28. The maximum absolute atomic E-state index is 3.70. The van der Waals surface area contributed by atoms with Crippen LogP contribution in [-0.2, 0) is 6.54 Å².